The molecule has 1 N–H and O–H groups in total. The van der Waals surface area contributed by atoms with E-state index >= 15 is 0 Å². The zero-order chi connectivity index (χ0) is 22.5. The van der Waals surface area contributed by atoms with Crippen LogP contribution in [0.4, 0.5) is 5.69 Å². The third-order valence-electron chi connectivity index (χ3n) is 6.52. The number of benzene rings is 3. The molecule has 1 saturated heterocycles. The summed E-state index contributed by atoms with van der Waals surface area (Å²) in [5.41, 5.74) is 5.29. The van der Waals surface area contributed by atoms with E-state index in [1.165, 1.54) is 16.7 Å². The Morgan fingerprint density at radius 2 is 1.81 bits per heavy atom. The van der Waals surface area contributed by atoms with Crippen LogP contribution in [0.25, 0.3) is 0 Å². The van der Waals surface area contributed by atoms with E-state index in [-0.39, 0.29) is 0 Å². The topological polar surface area (TPSA) is 24.5 Å². The fourth-order valence-corrected chi connectivity index (χ4v) is 4.85. The van der Waals surface area contributed by atoms with E-state index in [1.807, 2.05) is 6.07 Å². The largest absolute Gasteiger partial charge is 0.495 e. The lowest BCUT2D eigenvalue weighted by Gasteiger charge is -2.31. The number of nitrogens with zero attached hydrogens (tertiary/aromatic N) is 1. The van der Waals surface area contributed by atoms with Crippen molar-refractivity contribution in [2.45, 2.75) is 32.2 Å². The molecule has 0 spiro atoms. The van der Waals surface area contributed by atoms with E-state index in [1.54, 1.807) is 7.11 Å². The van der Waals surface area contributed by atoms with Crippen molar-refractivity contribution in [2.24, 2.45) is 5.92 Å². The van der Waals surface area contributed by atoms with Gasteiger partial charge in [0.05, 0.1) is 12.1 Å². The van der Waals surface area contributed by atoms with E-state index in [0.29, 0.717) is 28.5 Å². The molecule has 4 heteroatoms. The number of ether oxygens (including phenoxy) is 1. The highest BCUT2D eigenvalue weighted by atomic mass is 35.5. The molecule has 1 fully saturated rings. The van der Waals surface area contributed by atoms with Gasteiger partial charge in [0.15, 0.2) is 0 Å². The second-order valence-electron chi connectivity index (χ2n) is 9.03. The Labute approximate surface area is 197 Å². The summed E-state index contributed by atoms with van der Waals surface area (Å²) in [7, 11) is 1.67. The molecule has 3 aromatic carbocycles. The lowest BCUT2D eigenvalue weighted by atomic mass is 9.86. The second kappa shape index (κ2) is 10.4. The summed E-state index contributed by atoms with van der Waals surface area (Å²) in [5.74, 6) is 2.27. The van der Waals surface area contributed by atoms with Crippen molar-refractivity contribution in [3.8, 4) is 5.75 Å². The van der Waals surface area contributed by atoms with Crippen LogP contribution in [0.15, 0.2) is 72.8 Å². The van der Waals surface area contributed by atoms with Crippen LogP contribution in [0.1, 0.15) is 42.4 Å². The van der Waals surface area contributed by atoms with E-state index < -0.39 is 0 Å². The van der Waals surface area contributed by atoms with Crippen molar-refractivity contribution in [3.05, 3.63) is 94.5 Å². The molecule has 2 unspecified atom stereocenters. The smallest absolute Gasteiger partial charge is 0.139 e. The molecule has 168 valence electrons. The van der Waals surface area contributed by atoms with Gasteiger partial charge in [0, 0.05) is 43.9 Å². The Hall–Kier alpha value is -2.49. The molecule has 32 heavy (non-hydrogen) atoms. The Morgan fingerprint density at radius 1 is 1.00 bits per heavy atom. The summed E-state index contributed by atoms with van der Waals surface area (Å²) in [4.78, 5) is 2.46. The summed E-state index contributed by atoms with van der Waals surface area (Å²) in [5, 5.41) is 4.29. The van der Waals surface area contributed by atoms with Gasteiger partial charge in [-0.3, -0.25) is 0 Å². The van der Waals surface area contributed by atoms with Crippen LogP contribution in [-0.2, 0) is 6.54 Å². The summed E-state index contributed by atoms with van der Waals surface area (Å²) in [6.45, 7) is 8.38. The van der Waals surface area contributed by atoms with Gasteiger partial charge in [0.25, 0.3) is 0 Å². The molecule has 0 aliphatic carbocycles. The van der Waals surface area contributed by atoms with Gasteiger partial charge in [0.2, 0.25) is 0 Å². The van der Waals surface area contributed by atoms with Gasteiger partial charge in [0.1, 0.15) is 5.75 Å². The zero-order valence-corrected chi connectivity index (χ0v) is 20.0. The van der Waals surface area contributed by atoms with Crippen LogP contribution in [-0.4, -0.2) is 26.7 Å². The number of hydrogen-bond donors (Lipinski definition) is 1. The number of nitrogens with one attached hydrogen (secondary N) is 1. The third kappa shape index (κ3) is 5.28. The Kier molecular flexibility index (Phi) is 7.39. The SMILES string of the molecule is COc1cc(N(Cc2ccccc2)CC2CNCC2c2cccc(C(C)C)c2)ccc1Cl. The minimum atomic E-state index is 0.501. The van der Waals surface area contributed by atoms with Gasteiger partial charge in [-0.1, -0.05) is 80.0 Å². The maximum absolute atomic E-state index is 6.32. The molecule has 4 rings (SSSR count). The highest BCUT2D eigenvalue weighted by Crippen LogP contribution is 2.34. The molecule has 3 aromatic rings. The van der Waals surface area contributed by atoms with Gasteiger partial charge < -0.3 is 15.0 Å². The van der Waals surface area contributed by atoms with Gasteiger partial charge >= 0.3 is 0 Å². The summed E-state index contributed by atoms with van der Waals surface area (Å²) >= 11 is 6.32. The lowest BCUT2D eigenvalue weighted by molar-refractivity contribution is 0.414. The van der Waals surface area contributed by atoms with Gasteiger partial charge in [-0.25, -0.2) is 0 Å². The molecule has 0 saturated carbocycles. The first-order valence-corrected chi connectivity index (χ1v) is 11.9. The first-order chi connectivity index (χ1) is 15.5. The van der Waals surface area contributed by atoms with Crippen molar-refractivity contribution in [2.75, 3.05) is 31.6 Å². The van der Waals surface area contributed by atoms with E-state index in [0.717, 1.165) is 31.9 Å². The predicted octanol–water partition coefficient (Wildman–Crippen LogP) is 6.48. The predicted molar refractivity (Wildman–Crippen MR) is 135 cm³/mol. The molecule has 0 aromatic heterocycles. The number of rotatable bonds is 8. The van der Waals surface area contributed by atoms with E-state index in [2.05, 4.69) is 90.8 Å². The average molecular weight is 449 g/mol. The summed E-state index contributed by atoms with van der Waals surface area (Å²) in [6, 6.07) is 25.9. The first kappa shape index (κ1) is 22.7. The molecule has 1 heterocycles. The molecular formula is C28H33ClN2O. The van der Waals surface area contributed by atoms with E-state index in [9.17, 15) is 0 Å². The Bertz CT molecular complexity index is 1020. The normalized spacial score (nSPS) is 18.2. The van der Waals surface area contributed by atoms with Crippen LogP contribution in [0.2, 0.25) is 5.02 Å². The zero-order valence-electron chi connectivity index (χ0n) is 19.2. The molecular weight excluding hydrogens is 416 g/mol. The number of hydrogen-bond acceptors (Lipinski definition) is 3. The standard InChI is InChI=1S/C28H33ClN2O/c1-20(2)22-10-7-11-23(14-22)26-17-30-16-24(26)19-31(18-21-8-5-4-6-9-21)25-12-13-27(29)28(15-25)32-3/h4-15,20,24,26,30H,16-19H2,1-3H3. The average Bonchev–Trinajstić information content (AvgIpc) is 3.28. The van der Waals surface area contributed by atoms with E-state index in [4.69, 9.17) is 16.3 Å². The maximum atomic E-state index is 6.32. The monoisotopic (exact) mass is 448 g/mol. The van der Waals surface area contributed by atoms with Crippen LogP contribution in [0, 0.1) is 5.92 Å². The van der Waals surface area contributed by atoms with Crippen LogP contribution in [0.3, 0.4) is 0 Å². The molecule has 0 bridgehead atoms. The minimum absolute atomic E-state index is 0.501. The minimum Gasteiger partial charge on any atom is -0.495 e. The number of anilines is 1. The highest BCUT2D eigenvalue weighted by molar-refractivity contribution is 6.32. The molecule has 3 nitrogen and oxygen atoms in total. The van der Waals surface area contributed by atoms with Crippen molar-refractivity contribution < 1.29 is 4.74 Å². The molecule has 0 amide bonds. The number of halogens is 1. The lowest BCUT2D eigenvalue weighted by Crippen LogP contribution is -2.32. The summed E-state index contributed by atoms with van der Waals surface area (Å²) < 4.78 is 5.51. The first-order valence-electron chi connectivity index (χ1n) is 11.5. The molecule has 0 radical (unpaired) electrons. The second-order valence-corrected chi connectivity index (χ2v) is 9.44. The van der Waals surface area contributed by atoms with Crippen LogP contribution < -0.4 is 15.0 Å². The van der Waals surface area contributed by atoms with Crippen LogP contribution >= 0.6 is 11.6 Å². The maximum Gasteiger partial charge on any atom is 0.139 e. The Morgan fingerprint density at radius 3 is 2.56 bits per heavy atom. The Balaban J connectivity index is 1.62. The van der Waals surface area contributed by atoms with Gasteiger partial charge in [-0.05, 0) is 40.7 Å². The summed E-state index contributed by atoms with van der Waals surface area (Å²) in [6.07, 6.45) is 0. The van der Waals surface area contributed by atoms with Crippen molar-refractivity contribution in [1.29, 1.82) is 0 Å². The van der Waals surface area contributed by atoms with Crippen molar-refractivity contribution in [3.63, 3.8) is 0 Å². The van der Waals surface area contributed by atoms with Crippen LogP contribution in [0.5, 0.6) is 5.75 Å². The van der Waals surface area contributed by atoms with Gasteiger partial charge in [-0.2, -0.15) is 0 Å². The van der Waals surface area contributed by atoms with Crippen molar-refractivity contribution >= 4 is 17.3 Å². The quantitative estimate of drug-likeness (QED) is 0.426. The van der Waals surface area contributed by atoms with Crippen molar-refractivity contribution in [1.82, 2.24) is 5.32 Å². The highest BCUT2D eigenvalue weighted by Gasteiger charge is 2.30. The molecule has 2 atom stereocenters. The fourth-order valence-electron chi connectivity index (χ4n) is 4.66. The molecule has 1 aliphatic heterocycles. The van der Waals surface area contributed by atoms with Gasteiger partial charge in [-0.15, -0.1) is 0 Å². The third-order valence-corrected chi connectivity index (χ3v) is 6.83. The molecule has 1 aliphatic rings. The fraction of sp³-hybridized carbons (Fsp3) is 0.357. The number of methoxy groups -OCH3 is 1.